The number of nitrogens with one attached hydrogen (secondary N) is 1. The Labute approximate surface area is 198 Å². The summed E-state index contributed by atoms with van der Waals surface area (Å²) >= 11 is 0. The van der Waals surface area contributed by atoms with E-state index in [1.807, 2.05) is 65.3 Å². The first-order valence-electron chi connectivity index (χ1n) is 11.6. The van der Waals surface area contributed by atoms with E-state index in [9.17, 15) is 4.79 Å². The summed E-state index contributed by atoms with van der Waals surface area (Å²) in [5.74, 6) is 0.593. The molecular formula is C27H28N4O3. The lowest BCUT2D eigenvalue weighted by Gasteiger charge is -2.31. The van der Waals surface area contributed by atoms with Gasteiger partial charge in [-0.3, -0.25) is 9.69 Å². The Morgan fingerprint density at radius 3 is 2.53 bits per heavy atom. The van der Waals surface area contributed by atoms with Gasteiger partial charge in [-0.25, -0.2) is 4.98 Å². The Balaban J connectivity index is 1.22. The number of ether oxygens (including phenoxy) is 2. The maximum absolute atomic E-state index is 13.1. The molecule has 0 saturated carbocycles. The summed E-state index contributed by atoms with van der Waals surface area (Å²) in [6, 6.07) is 23.1. The number of benzene rings is 2. The second kappa shape index (κ2) is 10.5. The number of fused-ring (bicyclic) bond motifs is 1. The minimum absolute atomic E-state index is 0.0993. The van der Waals surface area contributed by atoms with E-state index >= 15 is 0 Å². The normalized spacial score (nSPS) is 15.2. The summed E-state index contributed by atoms with van der Waals surface area (Å²) < 4.78 is 13.3. The third kappa shape index (κ3) is 5.44. The Bertz CT molecular complexity index is 1180. The van der Waals surface area contributed by atoms with Crippen molar-refractivity contribution in [3.05, 3.63) is 102 Å². The van der Waals surface area contributed by atoms with Crippen molar-refractivity contribution in [3.8, 4) is 5.75 Å². The first-order chi connectivity index (χ1) is 16.7. The molecule has 1 aliphatic heterocycles. The molecule has 1 fully saturated rings. The molecule has 1 amide bonds. The molecular weight excluding hydrogens is 428 g/mol. The molecule has 2 aromatic carbocycles. The molecule has 1 aliphatic rings. The molecule has 0 aliphatic carbocycles. The molecule has 0 spiro atoms. The number of aromatic nitrogens is 2. The lowest BCUT2D eigenvalue weighted by molar-refractivity contribution is 0.0332. The van der Waals surface area contributed by atoms with E-state index < -0.39 is 0 Å². The molecule has 7 heteroatoms. The number of morpholine rings is 1. The number of amides is 1. The second-order valence-corrected chi connectivity index (χ2v) is 8.36. The van der Waals surface area contributed by atoms with E-state index in [4.69, 9.17) is 9.47 Å². The molecule has 34 heavy (non-hydrogen) atoms. The number of rotatable bonds is 8. The predicted octanol–water partition coefficient (Wildman–Crippen LogP) is 3.72. The number of hydrogen-bond acceptors (Lipinski definition) is 5. The molecule has 1 N–H and O–H groups in total. The van der Waals surface area contributed by atoms with Gasteiger partial charge in [0.25, 0.3) is 5.91 Å². The molecule has 1 saturated heterocycles. The fraction of sp³-hybridized carbons (Fsp3) is 0.259. The van der Waals surface area contributed by atoms with E-state index in [2.05, 4.69) is 27.3 Å². The summed E-state index contributed by atoms with van der Waals surface area (Å²) in [4.78, 5) is 19.9. The lowest BCUT2D eigenvalue weighted by atomic mass is 10.1. The smallest absolute Gasteiger partial charge is 0.251 e. The van der Waals surface area contributed by atoms with Crippen molar-refractivity contribution in [1.29, 1.82) is 0 Å². The molecule has 4 aromatic rings. The van der Waals surface area contributed by atoms with Crippen LogP contribution in [0.15, 0.2) is 85.2 Å². The van der Waals surface area contributed by atoms with Crippen LogP contribution in [0.4, 0.5) is 0 Å². The fourth-order valence-electron chi connectivity index (χ4n) is 4.12. The average molecular weight is 457 g/mol. The molecule has 174 valence electrons. The van der Waals surface area contributed by atoms with Gasteiger partial charge >= 0.3 is 0 Å². The van der Waals surface area contributed by atoms with Gasteiger partial charge in [0.2, 0.25) is 0 Å². The third-order valence-corrected chi connectivity index (χ3v) is 5.97. The maximum Gasteiger partial charge on any atom is 0.251 e. The van der Waals surface area contributed by atoms with Crippen LogP contribution in [0.2, 0.25) is 0 Å². The third-order valence-electron chi connectivity index (χ3n) is 5.97. The van der Waals surface area contributed by atoms with Crippen LogP contribution < -0.4 is 10.1 Å². The largest absolute Gasteiger partial charge is 0.487 e. The van der Waals surface area contributed by atoms with Crippen molar-refractivity contribution in [2.45, 2.75) is 12.6 Å². The van der Waals surface area contributed by atoms with Gasteiger partial charge in [0.1, 0.15) is 18.0 Å². The highest BCUT2D eigenvalue weighted by atomic mass is 16.5. The van der Waals surface area contributed by atoms with Crippen LogP contribution in [0, 0.1) is 0 Å². The first-order valence-corrected chi connectivity index (χ1v) is 11.6. The quantitative estimate of drug-likeness (QED) is 0.438. The Kier molecular flexibility index (Phi) is 6.84. The summed E-state index contributed by atoms with van der Waals surface area (Å²) in [5.41, 5.74) is 3.43. The van der Waals surface area contributed by atoms with E-state index in [1.54, 1.807) is 12.1 Å². The fourth-order valence-corrected chi connectivity index (χ4v) is 4.12. The number of carbonyl (C=O) groups is 1. The van der Waals surface area contributed by atoms with Crippen molar-refractivity contribution >= 4 is 11.6 Å². The Hall–Kier alpha value is -3.68. The highest BCUT2D eigenvalue weighted by Crippen LogP contribution is 2.18. The molecule has 3 heterocycles. The van der Waals surface area contributed by atoms with Crippen molar-refractivity contribution in [2.24, 2.45) is 0 Å². The molecule has 0 radical (unpaired) electrons. The van der Waals surface area contributed by atoms with Gasteiger partial charge < -0.3 is 19.2 Å². The zero-order valence-electron chi connectivity index (χ0n) is 19.0. The molecule has 7 nitrogen and oxygen atoms in total. The number of carbonyl (C=O) groups excluding carboxylic acids is 1. The van der Waals surface area contributed by atoms with Gasteiger partial charge in [-0.1, -0.05) is 36.4 Å². The van der Waals surface area contributed by atoms with Crippen LogP contribution >= 0.6 is 0 Å². The Morgan fingerprint density at radius 2 is 1.76 bits per heavy atom. The average Bonchev–Trinajstić information content (AvgIpc) is 3.32. The molecule has 0 unspecified atom stereocenters. The summed E-state index contributed by atoms with van der Waals surface area (Å²) in [6.45, 7) is 4.31. The lowest BCUT2D eigenvalue weighted by Crippen LogP contribution is -2.43. The predicted molar refractivity (Wildman–Crippen MR) is 130 cm³/mol. The van der Waals surface area contributed by atoms with E-state index in [0.717, 1.165) is 49.8 Å². The van der Waals surface area contributed by atoms with E-state index in [-0.39, 0.29) is 11.9 Å². The van der Waals surface area contributed by atoms with E-state index in [1.165, 1.54) is 0 Å². The van der Waals surface area contributed by atoms with Crippen molar-refractivity contribution in [1.82, 2.24) is 19.6 Å². The highest BCUT2D eigenvalue weighted by Gasteiger charge is 2.20. The molecule has 2 aromatic heterocycles. The van der Waals surface area contributed by atoms with Crippen LogP contribution in [0.25, 0.3) is 5.65 Å². The summed E-state index contributed by atoms with van der Waals surface area (Å²) in [6.07, 6.45) is 3.91. The van der Waals surface area contributed by atoms with Gasteiger partial charge in [0.15, 0.2) is 0 Å². The molecule has 5 rings (SSSR count). The number of hydrogen-bond donors (Lipinski definition) is 1. The van der Waals surface area contributed by atoms with Gasteiger partial charge in [-0.05, 0) is 42.0 Å². The van der Waals surface area contributed by atoms with Crippen LogP contribution in [0.5, 0.6) is 5.75 Å². The monoisotopic (exact) mass is 456 g/mol. The SMILES string of the molecule is O=C(N[C@@H](CN1CCOCC1)c1ccccc1)c1ccc(OCc2cn3ccccc3n2)cc1. The standard InChI is InChI=1S/C27H28N4O3/c32-27(29-25(21-6-2-1-3-7-21)19-30-14-16-33-17-15-30)22-9-11-24(12-10-22)34-20-23-18-31-13-5-4-8-26(31)28-23/h1-13,18,25H,14-17,19-20H2,(H,29,32)/t25-/m0/s1. The van der Waals surface area contributed by atoms with E-state index in [0.29, 0.717) is 17.9 Å². The zero-order chi connectivity index (χ0) is 23.2. The van der Waals surface area contributed by atoms with Gasteiger partial charge in [0, 0.05) is 37.6 Å². The van der Waals surface area contributed by atoms with Crippen molar-refractivity contribution in [3.63, 3.8) is 0 Å². The van der Waals surface area contributed by atoms with Crippen molar-refractivity contribution in [2.75, 3.05) is 32.8 Å². The van der Waals surface area contributed by atoms with Crippen LogP contribution in [0.3, 0.4) is 0 Å². The maximum atomic E-state index is 13.1. The molecule has 0 bridgehead atoms. The summed E-state index contributed by atoms with van der Waals surface area (Å²) in [5, 5.41) is 3.21. The first kappa shape index (κ1) is 22.1. The van der Waals surface area contributed by atoms with Crippen molar-refractivity contribution < 1.29 is 14.3 Å². The Morgan fingerprint density at radius 1 is 1.00 bits per heavy atom. The molecule has 1 atom stereocenters. The minimum atomic E-state index is -0.103. The number of imidazole rings is 1. The van der Waals surface area contributed by atoms with Crippen LogP contribution in [-0.2, 0) is 11.3 Å². The highest BCUT2D eigenvalue weighted by molar-refractivity contribution is 5.94. The van der Waals surface area contributed by atoms with Crippen LogP contribution in [0.1, 0.15) is 27.7 Å². The van der Waals surface area contributed by atoms with Gasteiger partial charge in [0.05, 0.1) is 24.9 Å². The minimum Gasteiger partial charge on any atom is -0.487 e. The second-order valence-electron chi connectivity index (χ2n) is 8.36. The van der Waals surface area contributed by atoms with Gasteiger partial charge in [-0.2, -0.15) is 0 Å². The summed E-state index contributed by atoms with van der Waals surface area (Å²) in [7, 11) is 0. The number of pyridine rings is 1. The zero-order valence-corrected chi connectivity index (χ0v) is 19.0. The topological polar surface area (TPSA) is 68.1 Å². The number of nitrogens with zero attached hydrogens (tertiary/aromatic N) is 3. The van der Waals surface area contributed by atoms with Gasteiger partial charge in [-0.15, -0.1) is 0 Å². The van der Waals surface area contributed by atoms with Crippen LogP contribution in [-0.4, -0.2) is 53.0 Å².